The summed E-state index contributed by atoms with van der Waals surface area (Å²) in [7, 11) is 0. The summed E-state index contributed by atoms with van der Waals surface area (Å²) < 4.78 is 8.00. The largest absolute Gasteiger partial charge is 0.478 e. The lowest BCUT2D eigenvalue weighted by Gasteiger charge is -2.27. The fourth-order valence-corrected chi connectivity index (χ4v) is 2.32. The maximum atomic E-state index is 10.5. The number of carboxylic acids is 1. The van der Waals surface area contributed by atoms with Crippen LogP contribution in [0.25, 0.3) is 6.08 Å². The van der Waals surface area contributed by atoms with Crippen LogP contribution in [-0.4, -0.2) is 33.3 Å². The van der Waals surface area contributed by atoms with E-state index in [0.717, 1.165) is 30.5 Å². The zero-order valence-corrected chi connectivity index (χ0v) is 11.0. The number of aryl methyl sites for hydroxylation is 1. The van der Waals surface area contributed by atoms with E-state index in [2.05, 4.69) is 20.9 Å². The number of aromatic nitrogens is 2. The highest BCUT2D eigenvalue weighted by atomic mass is 79.9. The Balaban J connectivity index is 2.25. The van der Waals surface area contributed by atoms with E-state index in [9.17, 15) is 4.79 Å². The van der Waals surface area contributed by atoms with Crippen LogP contribution in [0.3, 0.4) is 0 Å². The maximum Gasteiger partial charge on any atom is 0.328 e. The Hall–Kier alpha value is -1.14. The number of imidazole rings is 1. The van der Waals surface area contributed by atoms with Gasteiger partial charge in [0.15, 0.2) is 4.73 Å². The number of hydrogen-bond donors (Lipinski definition) is 1. The SMILES string of the molecule is Cc1nc(Br)n(C[C@@H]2CCO2)c1/C=C/C(=O)O. The third kappa shape index (κ3) is 2.76. The molecule has 1 atom stereocenters. The number of hydrogen-bond acceptors (Lipinski definition) is 3. The molecule has 0 unspecified atom stereocenters. The molecule has 0 spiro atoms. The van der Waals surface area contributed by atoms with E-state index in [0.29, 0.717) is 11.3 Å². The Kier molecular flexibility index (Phi) is 3.63. The third-order valence-corrected chi connectivity index (χ3v) is 3.31. The number of carboxylic acid groups (broad SMARTS) is 1. The van der Waals surface area contributed by atoms with Gasteiger partial charge in [-0.1, -0.05) is 0 Å². The molecular weight excluding hydrogens is 288 g/mol. The molecule has 0 bridgehead atoms. The molecule has 1 N–H and O–H groups in total. The molecule has 0 saturated carbocycles. The van der Waals surface area contributed by atoms with Gasteiger partial charge in [0.1, 0.15) is 0 Å². The van der Waals surface area contributed by atoms with Crippen LogP contribution in [0, 0.1) is 6.92 Å². The molecule has 1 aliphatic heterocycles. The summed E-state index contributed by atoms with van der Waals surface area (Å²) in [5, 5.41) is 8.65. The maximum absolute atomic E-state index is 10.5. The zero-order chi connectivity index (χ0) is 12.4. The summed E-state index contributed by atoms with van der Waals surface area (Å²) in [4.78, 5) is 14.8. The quantitative estimate of drug-likeness (QED) is 0.862. The van der Waals surface area contributed by atoms with E-state index in [4.69, 9.17) is 9.84 Å². The molecule has 1 aromatic rings. The van der Waals surface area contributed by atoms with Crippen molar-refractivity contribution in [3.63, 3.8) is 0 Å². The molecule has 1 aromatic heterocycles. The highest BCUT2D eigenvalue weighted by Crippen LogP contribution is 2.22. The summed E-state index contributed by atoms with van der Waals surface area (Å²) in [5.41, 5.74) is 1.60. The van der Waals surface area contributed by atoms with Gasteiger partial charge in [0.2, 0.25) is 0 Å². The van der Waals surface area contributed by atoms with Crippen molar-refractivity contribution >= 4 is 28.0 Å². The lowest BCUT2D eigenvalue weighted by Crippen LogP contribution is -2.31. The van der Waals surface area contributed by atoms with E-state index in [-0.39, 0.29) is 6.10 Å². The number of aliphatic carboxylic acids is 1. The van der Waals surface area contributed by atoms with E-state index < -0.39 is 5.97 Å². The molecule has 6 heteroatoms. The second-order valence-corrected chi connectivity index (χ2v) is 4.62. The van der Waals surface area contributed by atoms with E-state index in [1.807, 2.05) is 11.5 Å². The molecule has 1 fully saturated rings. The molecular formula is C11H13BrN2O3. The van der Waals surface area contributed by atoms with Gasteiger partial charge in [-0.2, -0.15) is 0 Å². The van der Waals surface area contributed by atoms with Crippen LogP contribution >= 0.6 is 15.9 Å². The van der Waals surface area contributed by atoms with Crippen LogP contribution in [0.1, 0.15) is 17.8 Å². The molecule has 92 valence electrons. The van der Waals surface area contributed by atoms with Gasteiger partial charge in [0.25, 0.3) is 0 Å². The minimum atomic E-state index is -0.965. The van der Waals surface area contributed by atoms with Crippen molar-refractivity contribution in [1.29, 1.82) is 0 Å². The molecule has 0 radical (unpaired) electrons. The predicted molar refractivity (Wildman–Crippen MR) is 65.7 cm³/mol. The molecule has 1 aliphatic rings. The summed E-state index contributed by atoms with van der Waals surface area (Å²) in [6.45, 7) is 3.35. The first-order chi connectivity index (χ1) is 8.08. The van der Waals surface area contributed by atoms with Gasteiger partial charge in [0, 0.05) is 12.7 Å². The highest BCUT2D eigenvalue weighted by Gasteiger charge is 2.21. The van der Waals surface area contributed by atoms with Crippen molar-refractivity contribution in [2.24, 2.45) is 0 Å². The molecule has 17 heavy (non-hydrogen) atoms. The minimum Gasteiger partial charge on any atom is -0.478 e. The van der Waals surface area contributed by atoms with E-state index in [1.54, 1.807) is 6.08 Å². The first-order valence-electron chi connectivity index (χ1n) is 5.33. The van der Waals surface area contributed by atoms with E-state index in [1.165, 1.54) is 0 Å². The Morgan fingerprint density at radius 1 is 1.76 bits per heavy atom. The van der Waals surface area contributed by atoms with Crippen LogP contribution in [-0.2, 0) is 16.1 Å². The Bertz CT molecular complexity index is 464. The first kappa shape index (κ1) is 12.3. The first-order valence-corrected chi connectivity index (χ1v) is 6.12. The molecule has 0 aliphatic carbocycles. The summed E-state index contributed by atoms with van der Waals surface area (Å²) in [5.74, 6) is -0.965. The van der Waals surface area contributed by atoms with Crippen LogP contribution in [0.5, 0.6) is 0 Å². The summed E-state index contributed by atoms with van der Waals surface area (Å²) >= 11 is 3.37. The second-order valence-electron chi connectivity index (χ2n) is 3.92. The topological polar surface area (TPSA) is 64.4 Å². The van der Waals surface area contributed by atoms with Crippen LogP contribution in [0.2, 0.25) is 0 Å². The number of halogens is 1. The fraction of sp³-hybridized carbons (Fsp3) is 0.455. The van der Waals surface area contributed by atoms with Crippen molar-refractivity contribution in [3.8, 4) is 0 Å². The molecule has 2 heterocycles. The number of nitrogens with zero attached hydrogens (tertiary/aromatic N) is 2. The van der Waals surface area contributed by atoms with Crippen molar-refractivity contribution in [2.75, 3.05) is 6.61 Å². The van der Waals surface area contributed by atoms with Gasteiger partial charge in [-0.05, 0) is 35.4 Å². The van der Waals surface area contributed by atoms with Crippen molar-refractivity contribution in [2.45, 2.75) is 26.0 Å². The molecule has 0 amide bonds. The second kappa shape index (κ2) is 5.01. The number of carbonyl (C=O) groups is 1. The molecule has 1 saturated heterocycles. The summed E-state index contributed by atoms with van der Waals surface area (Å²) in [6.07, 6.45) is 3.92. The van der Waals surface area contributed by atoms with Gasteiger partial charge in [0.05, 0.1) is 24.0 Å². The van der Waals surface area contributed by atoms with Gasteiger partial charge in [-0.25, -0.2) is 9.78 Å². The monoisotopic (exact) mass is 300 g/mol. The Labute approximate surface area is 107 Å². The summed E-state index contributed by atoms with van der Waals surface area (Å²) in [6, 6.07) is 0. The van der Waals surface area contributed by atoms with Crippen molar-refractivity contribution < 1.29 is 14.6 Å². The standard InChI is InChI=1S/C11H13BrN2O3/c1-7-9(2-3-10(15)16)14(11(12)13-7)6-8-4-5-17-8/h2-3,8H,4-6H2,1H3,(H,15,16)/b3-2+/t8-/m0/s1. The average Bonchev–Trinajstić information content (AvgIpc) is 2.44. The van der Waals surface area contributed by atoms with Gasteiger partial charge in [-0.3, -0.25) is 0 Å². The molecule has 0 aromatic carbocycles. The normalized spacial score (nSPS) is 19.5. The Morgan fingerprint density at radius 3 is 3.00 bits per heavy atom. The van der Waals surface area contributed by atoms with Crippen molar-refractivity contribution in [1.82, 2.24) is 9.55 Å². The molecule has 2 rings (SSSR count). The highest BCUT2D eigenvalue weighted by molar-refractivity contribution is 9.10. The van der Waals surface area contributed by atoms with Crippen LogP contribution in [0.15, 0.2) is 10.8 Å². The fourth-order valence-electron chi connectivity index (χ4n) is 1.72. The lowest BCUT2D eigenvalue weighted by molar-refractivity contribution is -0.131. The van der Waals surface area contributed by atoms with Gasteiger partial charge in [-0.15, -0.1) is 0 Å². The van der Waals surface area contributed by atoms with Gasteiger partial charge >= 0.3 is 5.97 Å². The average molecular weight is 301 g/mol. The van der Waals surface area contributed by atoms with Crippen molar-refractivity contribution in [3.05, 3.63) is 22.2 Å². The zero-order valence-electron chi connectivity index (χ0n) is 9.39. The van der Waals surface area contributed by atoms with Crippen LogP contribution < -0.4 is 0 Å². The number of rotatable bonds is 4. The molecule has 5 nitrogen and oxygen atoms in total. The van der Waals surface area contributed by atoms with E-state index >= 15 is 0 Å². The predicted octanol–water partition coefficient (Wildman–Crippen LogP) is 1.84. The minimum absolute atomic E-state index is 0.205. The Morgan fingerprint density at radius 2 is 2.47 bits per heavy atom. The lowest BCUT2D eigenvalue weighted by atomic mass is 10.2. The van der Waals surface area contributed by atoms with Crippen LogP contribution in [0.4, 0.5) is 0 Å². The number of ether oxygens (including phenoxy) is 1. The van der Waals surface area contributed by atoms with Gasteiger partial charge < -0.3 is 14.4 Å². The third-order valence-electron chi connectivity index (χ3n) is 2.71. The smallest absolute Gasteiger partial charge is 0.328 e.